The summed E-state index contributed by atoms with van der Waals surface area (Å²) in [6, 6.07) is 7.65. The molecule has 1 saturated heterocycles. The summed E-state index contributed by atoms with van der Waals surface area (Å²) in [5.74, 6) is -1.43. The summed E-state index contributed by atoms with van der Waals surface area (Å²) in [5.41, 5.74) is 2.10. The molecule has 1 aromatic carbocycles. The van der Waals surface area contributed by atoms with E-state index in [-0.39, 0.29) is 24.8 Å². The van der Waals surface area contributed by atoms with Crippen LogP contribution in [-0.4, -0.2) is 62.7 Å². The summed E-state index contributed by atoms with van der Waals surface area (Å²) in [6.45, 7) is 2.51. The molecule has 3 rings (SSSR count). The number of carboxylic acids is 1. The van der Waals surface area contributed by atoms with Crippen LogP contribution in [0, 0.1) is 6.92 Å². The number of benzene rings is 1. The number of carbonyl (C=O) groups excluding carboxylic acids is 1. The van der Waals surface area contributed by atoms with Gasteiger partial charge in [0.05, 0.1) is 25.0 Å². The molecule has 2 heterocycles. The van der Waals surface area contributed by atoms with Gasteiger partial charge >= 0.3 is 5.97 Å². The number of carboxylic acid groups (broad SMARTS) is 1. The number of nitrogens with zero attached hydrogens (tertiary/aromatic N) is 4. The van der Waals surface area contributed by atoms with Crippen molar-refractivity contribution in [2.75, 3.05) is 19.7 Å². The quantitative estimate of drug-likeness (QED) is 0.885. The van der Waals surface area contributed by atoms with Crippen molar-refractivity contribution >= 4 is 11.9 Å². The zero-order valence-electron chi connectivity index (χ0n) is 12.5. The van der Waals surface area contributed by atoms with Crippen LogP contribution in [-0.2, 0) is 9.53 Å². The lowest BCUT2D eigenvalue weighted by atomic mass is 10.2. The molecule has 1 aliphatic heterocycles. The highest BCUT2D eigenvalue weighted by molar-refractivity contribution is 5.92. The summed E-state index contributed by atoms with van der Waals surface area (Å²) < 4.78 is 6.62. The maximum atomic E-state index is 12.4. The van der Waals surface area contributed by atoms with Crippen LogP contribution in [0.3, 0.4) is 0 Å². The molecule has 1 fully saturated rings. The largest absolute Gasteiger partial charge is 0.479 e. The summed E-state index contributed by atoms with van der Waals surface area (Å²) in [6.07, 6.45) is 0.540. The molecule has 0 spiro atoms. The molecule has 0 bridgehead atoms. The number of aliphatic carboxylic acids is 1. The van der Waals surface area contributed by atoms with Crippen molar-refractivity contribution in [3.05, 3.63) is 41.7 Å². The third-order valence-corrected chi connectivity index (χ3v) is 3.64. The van der Waals surface area contributed by atoms with Gasteiger partial charge in [-0.1, -0.05) is 22.9 Å². The Kier molecular flexibility index (Phi) is 4.07. The molecular weight excluding hydrogens is 300 g/mol. The topological polar surface area (TPSA) is 97.5 Å². The third-order valence-electron chi connectivity index (χ3n) is 3.64. The van der Waals surface area contributed by atoms with E-state index in [2.05, 4.69) is 10.3 Å². The number of morpholine rings is 1. The molecular formula is C15H16N4O4. The number of hydrogen-bond donors (Lipinski definition) is 1. The highest BCUT2D eigenvalue weighted by Gasteiger charge is 2.30. The molecule has 1 atom stereocenters. The van der Waals surface area contributed by atoms with E-state index in [4.69, 9.17) is 9.84 Å². The van der Waals surface area contributed by atoms with E-state index in [9.17, 15) is 9.59 Å². The predicted molar refractivity (Wildman–Crippen MR) is 79.4 cm³/mol. The Labute approximate surface area is 132 Å². The van der Waals surface area contributed by atoms with Gasteiger partial charge in [-0.3, -0.25) is 4.79 Å². The van der Waals surface area contributed by atoms with Gasteiger partial charge in [-0.2, -0.15) is 0 Å². The minimum absolute atomic E-state index is 0.00551. The lowest BCUT2D eigenvalue weighted by molar-refractivity contribution is -0.154. The van der Waals surface area contributed by atoms with E-state index in [1.165, 1.54) is 15.8 Å². The molecule has 0 aliphatic carbocycles. The van der Waals surface area contributed by atoms with Gasteiger partial charge in [0.15, 0.2) is 11.8 Å². The van der Waals surface area contributed by atoms with Crippen LogP contribution >= 0.6 is 0 Å². The fraction of sp³-hybridized carbons (Fsp3) is 0.333. The molecule has 1 N–H and O–H groups in total. The maximum absolute atomic E-state index is 12.4. The van der Waals surface area contributed by atoms with Gasteiger partial charge in [0, 0.05) is 6.54 Å². The van der Waals surface area contributed by atoms with E-state index in [0.29, 0.717) is 6.54 Å². The van der Waals surface area contributed by atoms with Gasteiger partial charge in [-0.15, -0.1) is 5.10 Å². The second-order valence-electron chi connectivity index (χ2n) is 5.33. The number of amides is 1. The van der Waals surface area contributed by atoms with Crippen molar-refractivity contribution in [2.24, 2.45) is 0 Å². The first-order valence-corrected chi connectivity index (χ1v) is 7.17. The van der Waals surface area contributed by atoms with Crippen LogP contribution in [0.5, 0.6) is 0 Å². The molecule has 0 unspecified atom stereocenters. The predicted octanol–water partition coefficient (Wildman–Crippen LogP) is 0.501. The Morgan fingerprint density at radius 3 is 2.74 bits per heavy atom. The highest BCUT2D eigenvalue weighted by Crippen LogP contribution is 2.12. The Morgan fingerprint density at radius 1 is 1.30 bits per heavy atom. The van der Waals surface area contributed by atoms with Crippen molar-refractivity contribution < 1.29 is 19.4 Å². The van der Waals surface area contributed by atoms with Crippen LogP contribution < -0.4 is 0 Å². The van der Waals surface area contributed by atoms with Crippen molar-refractivity contribution in [2.45, 2.75) is 13.0 Å². The Balaban J connectivity index is 1.75. The number of hydrogen-bond acceptors (Lipinski definition) is 5. The van der Waals surface area contributed by atoms with E-state index >= 15 is 0 Å². The van der Waals surface area contributed by atoms with E-state index in [1.54, 1.807) is 0 Å². The Morgan fingerprint density at radius 2 is 2.04 bits per heavy atom. The molecule has 0 saturated carbocycles. The second-order valence-corrected chi connectivity index (χ2v) is 5.33. The van der Waals surface area contributed by atoms with Crippen molar-refractivity contribution in [1.82, 2.24) is 19.9 Å². The summed E-state index contributed by atoms with van der Waals surface area (Å²) >= 11 is 0. The summed E-state index contributed by atoms with van der Waals surface area (Å²) in [7, 11) is 0. The van der Waals surface area contributed by atoms with Crippen LogP contribution in [0.2, 0.25) is 0 Å². The van der Waals surface area contributed by atoms with E-state index < -0.39 is 12.1 Å². The standard InChI is InChI=1S/C15H16N4O4/c1-10-2-4-11(5-3-10)19-8-12(16-17-19)14(20)18-6-7-23-13(9-18)15(21)22/h2-5,8,13H,6-7,9H2,1H3,(H,21,22)/t13-/m1/s1. The summed E-state index contributed by atoms with van der Waals surface area (Å²) in [5, 5.41) is 16.8. The molecule has 1 aromatic heterocycles. The number of aromatic nitrogens is 3. The van der Waals surface area contributed by atoms with Crippen molar-refractivity contribution in [3.63, 3.8) is 0 Å². The van der Waals surface area contributed by atoms with Gasteiger partial charge < -0.3 is 14.7 Å². The molecule has 2 aromatic rings. The summed E-state index contributed by atoms with van der Waals surface area (Å²) in [4.78, 5) is 24.8. The second kappa shape index (κ2) is 6.17. The monoisotopic (exact) mass is 316 g/mol. The first-order valence-electron chi connectivity index (χ1n) is 7.17. The number of aryl methyl sites for hydroxylation is 1. The van der Waals surface area contributed by atoms with Crippen molar-refractivity contribution in [1.29, 1.82) is 0 Å². The average molecular weight is 316 g/mol. The number of rotatable bonds is 3. The normalized spacial score (nSPS) is 18.0. The SMILES string of the molecule is Cc1ccc(-n2cc(C(=O)N3CCO[C@@H](C(=O)O)C3)nn2)cc1. The fourth-order valence-corrected chi connectivity index (χ4v) is 2.33. The highest BCUT2D eigenvalue weighted by atomic mass is 16.5. The Hall–Kier alpha value is -2.74. The minimum atomic E-state index is -1.08. The third kappa shape index (κ3) is 3.21. The molecule has 0 radical (unpaired) electrons. The van der Waals surface area contributed by atoms with Gasteiger partial charge in [0.1, 0.15) is 0 Å². The maximum Gasteiger partial charge on any atom is 0.334 e. The van der Waals surface area contributed by atoms with Gasteiger partial charge in [0.2, 0.25) is 0 Å². The minimum Gasteiger partial charge on any atom is -0.479 e. The van der Waals surface area contributed by atoms with Crippen LogP contribution in [0.1, 0.15) is 16.1 Å². The van der Waals surface area contributed by atoms with Crippen molar-refractivity contribution in [3.8, 4) is 5.69 Å². The molecule has 23 heavy (non-hydrogen) atoms. The molecule has 8 heteroatoms. The van der Waals surface area contributed by atoms with Gasteiger partial charge in [-0.05, 0) is 19.1 Å². The lowest BCUT2D eigenvalue weighted by Gasteiger charge is -2.30. The van der Waals surface area contributed by atoms with Gasteiger partial charge in [0.25, 0.3) is 5.91 Å². The first-order chi connectivity index (χ1) is 11.0. The molecule has 8 nitrogen and oxygen atoms in total. The Bertz CT molecular complexity index is 725. The average Bonchev–Trinajstić information content (AvgIpc) is 3.05. The zero-order chi connectivity index (χ0) is 16.4. The van der Waals surface area contributed by atoms with E-state index in [0.717, 1.165) is 11.3 Å². The van der Waals surface area contributed by atoms with E-state index in [1.807, 2.05) is 31.2 Å². The smallest absolute Gasteiger partial charge is 0.334 e. The molecule has 1 aliphatic rings. The first kappa shape index (κ1) is 15.2. The molecule has 120 valence electrons. The number of carbonyl (C=O) groups is 2. The van der Waals surface area contributed by atoms with Crippen LogP contribution in [0.15, 0.2) is 30.5 Å². The zero-order valence-corrected chi connectivity index (χ0v) is 12.5. The number of ether oxygens (including phenoxy) is 1. The lowest BCUT2D eigenvalue weighted by Crippen LogP contribution is -2.48. The van der Waals surface area contributed by atoms with Crippen LogP contribution in [0.4, 0.5) is 0 Å². The molecule has 1 amide bonds. The van der Waals surface area contributed by atoms with Gasteiger partial charge in [-0.25, -0.2) is 9.48 Å². The van der Waals surface area contributed by atoms with Crippen LogP contribution in [0.25, 0.3) is 5.69 Å². The fourth-order valence-electron chi connectivity index (χ4n) is 2.33.